The van der Waals surface area contributed by atoms with Crippen molar-refractivity contribution in [2.75, 3.05) is 13.1 Å². The van der Waals surface area contributed by atoms with E-state index in [1.807, 2.05) is 6.92 Å². The Morgan fingerprint density at radius 2 is 2.28 bits per heavy atom. The maximum absolute atomic E-state index is 10.9. The normalized spacial score (nSPS) is 11.6. The third kappa shape index (κ3) is 4.47. The molecule has 1 rings (SSSR count). The lowest BCUT2D eigenvalue weighted by Crippen LogP contribution is -2.16. The van der Waals surface area contributed by atoms with Crippen molar-refractivity contribution < 1.29 is 4.92 Å². The Kier molecular flexibility index (Phi) is 5.82. The van der Waals surface area contributed by atoms with Crippen LogP contribution in [0.3, 0.4) is 0 Å². The van der Waals surface area contributed by atoms with E-state index in [9.17, 15) is 10.1 Å². The molecule has 0 bridgehead atoms. The molecule has 0 saturated heterocycles. The van der Waals surface area contributed by atoms with Gasteiger partial charge in [-0.2, -0.15) is 0 Å². The summed E-state index contributed by atoms with van der Waals surface area (Å²) in [5.41, 5.74) is 1.66. The minimum Gasteiger partial charge on any atom is -0.313 e. The van der Waals surface area contributed by atoms with E-state index in [4.69, 9.17) is 11.6 Å². The zero-order valence-corrected chi connectivity index (χ0v) is 11.3. The predicted octanol–water partition coefficient (Wildman–Crippen LogP) is 3.65. The van der Waals surface area contributed by atoms with Crippen LogP contribution in [0.2, 0.25) is 5.02 Å². The summed E-state index contributed by atoms with van der Waals surface area (Å²) in [6.45, 7) is 5.68. The van der Waals surface area contributed by atoms with Gasteiger partial charge < -0.3 is 5.32 Å². The van der Waals surface area contributed by atoms with Crippen LogP contribution in [0.4, 0.5) is 5.69 Å². The van der Waals surface area contributed by atoms with E-state index in [0.717, 1.165) is 25.1 Å². The SMILES string of the molecule is CCCNC/C(C)=C/c1cc(Cl)ccc1[N+](=O)[O-]. The second-order valence-corrected chi connectivity index (χ2v) is 4.56. The summed E-state index contributed by atoms with van der Waals surface area (Å²) < 4.78 is 0. The lowest BCUT2D eigenvalue weighted by atomic mass is 10.1. The van der Waals surface area contributed by atoms with Crippen LogP contribution in [-0.2, 0) is 0 Å². The Hall–Kier alpha value is -1.39. The van der Waals surface area contributed by atoms with E-state index < -0.39 is 4.92 Å². The average Bonchev–Trinajstić information content (AvgIpc) is 2.29. The molecule has 0 heterocycles. The monoisotopic (exact) mass is 268 g/mol. The second kappa shape index (κ2) is 7.13. The molecule has 0 aliphatic carbocycles. The molecule has 1 aromatic rings. The first kappa shape index (κ1) is 14.7. The smallest absolute Gasteiger partial charge is 0.276 e. The zero-order valence-electron chi connectivity index (χ0n) is 10.6. The van der Waals surface area contributed by atoms with Crippen molar-refractivity contribution in [3.63, 3.8) is 0 Å². The molecule has 0 saturated carbocycles. The standard InChI is InChI=1S/C13H17ClN2O2/c1-3-6-15-9-10(2)7-11-8-12(14)4-5-13(11)16(17)18/h4-5,7-8,15H,3,6,9H2,1-2H3/b10-7+. The molecule has 0 aliphatic rings. The van der Waals surface area contributed by atoms with Crippen LogP contribution >= 0.6 is 11.6 Å². The molecule has 18 heavy (non-hydrogen) atoms. The third-order valence-electron chi connectivity index (χ3n) is 2.42. The van der Waals surface area contributed by atoms with Crippen LogP contribution in [-0.4, -0.2) is 18.0 Å². The summed E-state index contributed by atoms with van der Waals surface area (Å²) in [6, 6.07) is 4.58. The van der Waals surface area contributed by atoms with E-state index in [-0.39, 0.29) is 5.69 Å². The van der Waals surface area contributed by atoms with Crippen molar-refractivity contribution in [2.24, 2.45) is 0 Å². The summed E-state index contributed by atoms with van der Waals surface area (Å²) in [4.78, 5) is 10.5. The van der Waals surface area contributed by atoms with Crippen molar-refractivity contribution in [3.8, 4) is 0 Å². The Balaban J connectivity index is 2.90. The van der Waals surface area contributed by atoms with Gasteiger partial charge in [0.25, 0.3) is 5.69 Å². The van der Waals surface area contributed by atoms with Crippen molar-refractivity contribution >= 4 is 23.4 Å². The van der Waals surface area contributed by atoms with Crippen LogP contribution in [0.1, 0.15) is 25.8 Å². The van der Waals surface area contributed by atoms with Crippen molar-refractivity contribution in [3.05, 3.63) is 44.5 Å². The van der Waals surface area contributed by atoms with Gasteiger partial charge in [-0.15, -0.1) is 0 Å². The highest BCUT2D eigenvalue weighted by Gasteiger charge is 2.11. The molecular weight excluding hydrogens is 252 g/mol. The highest BCUT2D eigenvalue weighted by Crippen LogP contribution is 2.24. The molecule has 0 spiro atoms. The van der Waals surface area contributed by atoms with Crippen molar-refractivity contribution in [1.82, 2.24) is 5.32 Å². The van der Waals surface area contributed by atoms with Crippen molar-refractivity contribution in [2.45, 2.75) is 20.3 Å². The van der Waals surface area contributed by atoms with Gasteiger partial charge in [-0.3, -0.25) is 10.1 Å². The average molecular weight is 269 g/mol. The van der Waals surface area contributed by atoms with Gasteiger partial charge in [0.2, 0.25) is 0 Å². The maximum Gasteiger partial charge on any atom is 0.276 e. The highest BCUT2D eigenvalue weighted by atomic mass is 35.5. The van der Waals surface area contributed by atoms with E-state index in [1.165, 1.54) is 12.1 Å². The van der Waals surface area contributed by atoms with Crippen LogP contribution in [0.25, 0.3) is 6.08 Å². The zero-order chi connectivity index (χ0) is 13.5. The number of nitrogens with zero attached hydrogens (tertiary/aromatic N) is 1. The molecule has 5 heteroatoms. The topological polar surface area (TPSA) is 55.2 Å². The maximum atomic E-state index is 10.9. The van der Waals surface area contributed by atoms with Gasteiger partial charge >= 0.3 is 0 Å². The summed E-state index contributed by atoms with van der Waals surface area (Å²) in [6.07, 6.45) is 2.86. The molecule has 98 valence electrons. The Morgan fingerprint density at radius 3 is 2.89 bits per heavy atom. The van der Waals surface area contributed by atoms with Gasteiger partial charge in [0.1, 0.15) is 0 Å². The molecule has 0 aromatic heterocycles. The number of halogens is 1. The first-order valence-electron chi connectivity index (χ1n) is 5.86. The number of nitrogens with one attached hydrogen (secondary N) is 1. The molecule has 0 unspecified atom stereocenters. The summed E-state index contributed by atoms with van der Waals surface area (Å²) in [5, 5.41) is 14.6. The molecule has 0 fully saturated rings. The summed E-state index contributed by atoms with van der Waals surface area (Å²) >= 11 is 5.86. The summed E-state index contributed by atoms with van der Waals surface area (Å²) in [5.74, 6) is 0. The molecule has 4 nitrogen and oxygen atoms in total. The number of hydrogen-bond donors (Lipinski definition) is 1. The number of hydrogen-bond acceptors (Lipinski definition) is 3. The predicted molar refractivity (Wildman–Crippen MR) is 74.9 cm³/mol. The molecule has 1 N–H and O–H groups in total. The van der Waals surface area contributed by atoms with Crippen LogP contribution in [0.15, 0.2) is 23.8 Å². The van der Waals surface area contributed by atoms with Crippen LogP contribution < -0.4 is 5.32 Å². The lowest BCUT2D eigenvalue weighted by molar-refractivity contribution is -0.385. The first-order chi connectivity index (χ1) is 8.54. The van der Waals surface area contributed by atoms with E-state index in [2.05, 4.69) is 12.2 Å². The van der Waals surface area contributed by atoms with Gasteiger partial charge in [-0.1, -0.05) is 24.1 Å². The number of rotatable bonds is 6. The van der Waals surface area contributed by atoms with Gasteiger partial charge in [0.05, 0.1) is 10.5 Å². The molecule has 0 aliphatic heterocycles. The Morgan fingerprint density at radius 1 is 1.56 bits per heavy atom. The Labute approximate surface area is 112 Å². The highest BCUT2D eigenvalue weighted by molar-refractivity contribution is 6.30. The fourth-order valence-corrected chi connectivity index (χ4v) is 1.77. The van der Waals surface area contributed by atoms with E-state index >= 15 is 0 Å². The summed E-state index contributed by atoms with van der Waals surface area (Å²) in [7, 11) is 0. The fourth-order valence-electron chi connectivity index (χ4n) is 1.59. The minimum absolute atomic E-state index is 0.0780. The molecule has 0 amide bonds. The van der Waals surface area contributed by atoms with Crippen molar-refractivity contribution in [1.29, 1.82) is 0 Å². The first-order valence-corrected chi connectivity index (χ1v) is 6.24. The number of nitro benzene ring substituents is 1. The van der Waals surface area contributed by atoms with Gasteiger partial charge in [0, 0.05) is 17.6 Å². The fraction of sp³-hybridized carbons (Fsp3) is 0.385. The number of benzene rings is 1. The van der Waals surface area contributed by atoms with E-state index in [1.54, 1.807) is 12.1 Å². The second-order valence-electron chi connectivity index (χ2n) is 4.13. The van der Waals surface area contributed by atoms with Gasteiger partial charge in [-0.05, 0) is 38.1 Å². The molecule has 1 aromatic carbocycles. The van der Waals surface area contributed by atoms with Crippen LogP contribution in [0.5, 0.6) is 0 Å². The lowest BCUT2D eigenvalue weighted by Gasteiger charge is -2.04. The van der Waals surface area contributed by atoms with Crippen LogP contribution in [0, 0.1) is 10.1 Å². The van der Waals surface area contributed by atoms with Gasteiger partial charge in [0.15, 0.2) is 0 Å². The van der Waals surface area contributed by atoms with E-state index in [0.29, 0.717) is 10.6 Å². The quantitative estimate of drug-likeness (QED) is 0.487. The third-order valence-corrected chi connectivity index (χ3v) is 2.65. The molecule has 0 atom stereocenters. The Bertz CT molecular complexity index is 458. The largest absolute Gasteiger partial charge is 0.313 e. The molecule has 0 radical (unpaired) electrons. The molecular formula is C13H17ClN2O2. The van der Waals surface area contributed by atoms with Gasteiger partial charge in [-0.25, -0.2) is 0 Å². The number of nitro groups is 1. The minimum atomic E-state index is -0.394.